The van der Waals surface area contributed by atoms with Crippen LogP contribution in [-0.2, 0) is 9.36 Å². The Bertz CT molecular complexity index is 604. The summed E-state index contributed by atoms with van der Waals surface area (Å²) in [6, 6.07) is 0. The van der Waals surface area contributed by atoms with Crippen LogP contribution < -0.4 is 10.4 Å². The minimum absolute atomic E-state index is 0.0464. The number of carbonyl (C=O) groups is 1. The molecule has 7 heteroatoms. The Balaban J connectivity index is 3.54. The van der Waals surface area contributed by atoms with Gasteiger partial charge in [0.05, 0.1) is 0 Å². The normalized spacial score (nSPS) is 13.1. The van der Waals surface area contributed by atoms with Crippen molar-refractivity contribution in [1.82, 2.24) is 10.4 Å². The average Bonchev–Trinajstić information content (AvgIpc) is 2.67. The number of hydrogen-bond donors (Lipinski definition) is 4. The van der Waals surface area contributed by atoms with Gasteiger partial charge in [0.2, 0.25) is 5.91 Å². The van der Waals surface area contributed by atoms with Gasteiger partial charge in [-0.15, -0.1) is 0 Å². The zero-order chi connectivity index (χ0) is 21.6. The second kappa shape index (κ2) is 19.6. The lowest BCUT2D eigenvalue weighted by atomic mass is 10.2. The van der Waals surface area contributed by atoms with Crippen LogP contribution in [0, 0.1) is 0 Å². The van der Waals surface area contributed by atoms with Crippen molar-refractivity contribution in [3.8, 4) is 0 Å². The lowest BCUT2D eigenvalue weighted by Crippen LogP contribution is -2.30. The third-order valence-electron chi connectivity index (χ3n) is 3.70. The van der Waals surface area contributed by atoms with Gasteiger partial charge < -0.3 is 15.1 Å². The van der Waals surface area contributed by atoms with Gasteiger partial charge in [-0.1, -0.05) is 67.7 Å². The van der Waals surface area contributed by atoms with Crippen molar-refractivity contribution in [3.05, 3.63) is 60.8 Å². The first-order valence-electron chi connectivity index (χ1n) is 10.3. The molecule has 0 radical (unpaired) electrons. The van der Waals surface area contributed by atoms with Crippen molar-refractivity contribution >= 4 is 13.7 Å². The first-order chi connectivity index (χ1) is 14.0. The van der Waals surface area contributed by atoms with Crippen molar-refractivity contribution in [2.75, 3.05) is 13.1 Å². The second-order valence-corrected chi connectivity index (χ2v) is 7.81. The highest BCUT2D eigenvalue weighted by Gasteiger charge is 2.10. The Morgan fingerprint density at radius 3 is 1.76 bits per heavy atom. The van der Waals surface area contributed by atoms with Crippen LogP contribution in [0.25, 0.3) is 0 Å². The van der Waals surface area contributed by atoms with Gasteiger partial charge in [0.15, 0.2) is 0 Å². The summed E-state index contributed by atoms with van der Waals surface area (Å²) in [4.78, 5) is 28.8. The van der Waals surface area contributed by atoms with Crippen LogP contribution in [0.2, 0.25) is 0 Å². The maximum absolute atomic E-state index is 11.5. The maximum atomic E-state index is 11.5. The summed E-state index contributed by atoms with van der Waals surface area (Å²) < 4.78 is 10.6. The number of allylic oxidation sites excluding steroid dienone is 10. The largest absolute Gasteiger partial charge is 0.400 e. The van der Waals surface area contributed by atoms with Gasteiger partial charge >= 0.3 is 7.75 Å². The molecule has 4 N–H and O–H groups in total. The Morgan fingerprint density at radius 1 is 0.793 bits per heavy atom. The molecule has 0 aliphatic carbocycles. The summed E-state index contributed by atoms with van der Waals surface area (Å²) in [5.74, 6) is -0.107. The summed E-state index contributed by atoms with van der Waals surface area (Å²) >= 11 is 0. The van der Waals surface area contributed by atoms with Gasteiger partial charge in [0.1, 0.15) is 0 Å². The van der Waals surface area contributed by atoms with Crippen LogP contribution in [0.15, 0.2) is 60.8 Å². The number of nitrogens with one attached hydrogen (secondary N) is 2. The Morgan fingerprint density at radius 2 is 1.28 bits per heavy atom. The van der Waals surface area contributed by atoms with E-state index in [4.69, 9.17) is 9.79 Å². The van der Waals surface area contributed by atoms with E-state index in [-0.39, 0.29) is 19.0 Å². The van der Waals surface area contributed by atoms with Crippen LogP contribution in [0.4, 0.5) is 0 Å². The van der Waals surface area contributed by atoms with Crippen molar-refractivity contribution in [2.24, 2.45) is 0 Å². The van der Waals surface area contributed by atoms with Crippen molar-refractivity contribution < 1.29 is 19.1 Å². The van der Waals surface area contributed by atoms with Crippen LogP contribution in [0.5, 0.6) is 0 Å². The van der Waals surface area contributed by atoms with E-state index in [2.05, 4.69) is 73.0 Å². The van der Waals surface area contributed by atoms with E-state index in [9.17, 15) is 9.36 Å². The Labute approximate surface area is 175 Å². The fourth-order valence-corrected chi connectivity index (χ4v) is 2.64. The lowest BCUT2D eigenvalue weighted by molar-refractivity contribution is -0.121. The highest BCUT2D eigenvalue weighted by atomic mass is 31.2. The molecule has 1 amide bonds. The molecule has 0 unspecified atom stereocenters. The van der Waals surface area contributed by atoms with Crippen molar-refractivity contribution in [3.63, 3.8) is 0 Å². The summed E-state index contributed by atoms with van der Waals surface area (Å²) in [5, 5.41) is 4.64. The topological polar surface area (TPSA) is 98.7 Å². The van der Waals surface area contributed by atoms with Gasteiger partial charge in [0.25, 0.3) is 0 Å². The zero-order valence-electron chi connectivity index (χ0n) is 17.5. The molecule has 0 fully saturated rings. The quantitative estimate of drug-likeness (QED) is 0.154. The molecule has 0 spiro atoms. The number of amides is 1. The highest BCUT2D eigenvalue weighted by molar-refractivity contribution is 7.49. The van der Waals surface area contributed by atoms with Gasteiger partial charge in [-0.05, 0) is 44.9 Å². The average molecular weight is 425 g/mol. The summed E-state index contributed by atoms with van der Waals surface area (Å²) in [7, 11) is -4.21. The molecule has 0 aromatic heterocycles. The third-order valence-corrected chi connectivity index (χ3v) is 4.33. The van der Waals surface area contributed by atoms with Crippen molar-refractivity contribution in [1.29, 1.82) is 0 Å². The SMILES string of the molecule is CC/C=C\CC=CCC=CC/C=C\C/C=C\CCCC(=O)NCCNP(=O)(O)O. The van der Waals surface area contributed by atoms with Gasteiger partial charge in [-0.2, -0.15) is 0 Å². The minimum Gasteiger partial charge on any atom is -0.355 e. The van der Waals surface area contributed by atoms with Crippen LogP contribution >= 0.6 is 7.75 Å². The highest BCUT2D eigenvalue weighted by Crippen LogP contribution is 2.26. The molecule has 164 valence electrons. The molecule has 0 saturated carbocycles. The first kappa shape index (κ1) is 27.3. The standard InChI is InChI=1S/C22H37N2O4P/c1-2-3-4-5-6-7-8-9-10-11-12-13-14-15-16-17-18-19-22(25)23-20-21-24-29(26,27)28/h3-4,6-7,9-10,12-13,15-16H,2,5,8,11,14,17-21H2,1H3,(H,23,25)(H3,24,26,27,28)/b4-3-,7-6?,10-9?,13-12-,16-15-. The van der Waals surface area contributed by atoms with E-state index in [1.165, 1.54) is 0 Å². The predicted octanol–water partition coefficient (Wildman–Crippen LogP) is 4.71. The zero-order valence-corrected chi connectivity index (χ0v) is 18.4. The molecule has 0 aromatic rings. The number of hydrogen-bond acceptors (Lipinski definition) is 2. The molecule has 0 rings (SSSR count). The minimum atomic E-state index is -4.21. The van der Waals surface area contributed by atoms with E-state index in [0.29, 0.717) is 6.42 Å². The van der Waals surface area contributed by atoms with E-state index in [1.54, 1.807) is 0 Å². The molecular weight excluding hydrogens is 387 g/mol. The van der Waals surface area contributed by atoms with E-state index in [0.717, 1.165) is 44.9 Å². The van der Waals surface area contributed by atoms with Crippen LogP contribution in [0.3, 0.4) is 0 Å². The molecule has 29 heavy (non-hydrogen) atoms. The van der Waals surface area contributed by atoms with Crippen molar-refractivity contribution in [2.45, 2.75) is 58.3 Å². The van der Waals surface area contributed by atoms with Gasteiger partial charge in [-0.3, -0.25) is 4.79 Å². The number of rotatable bonds is 17. The van der Waals surface area contributed by atoms with E-state index < -0.39 is 7.75 Å². The number of carbonyl (C=O) groups excluding carboxylic acids is 1. The molecule has 0 saturated heterocycles. The summed E-state index contributed by atoms with van der Waals surface area (Å²) in [6.07, 6.45) is 28.4. The van der Waals surface area contributed by atoms with Crippen LogP contribution in [-0.4, -0.2) is 28.8 Å². The fourth-order valence-electron chi connectivity index (χ4n) is 2.24. The second-order valence-electron chi connectivity index (χ2n) is 6.40. The molecule has 0 heterocycles. The molecule has 0 aliphatic heterocycles. The predicted molar refractivity (Wildman–Crippen MR) is 121 cm³/mol. The smallest absolute Gasteiger partial charge is 0.355 e. The molecule has 0 aromatic carbocycles. The summed E-state index contributed by atoms with van der Waals surface area (Å²) in [6.45, 7) is 2.38. The Hall–Kier alpha value is -1.72. The first-order valence-corrected chi connectivity index (χ1v) is 11.9. The van der Waals surface area contributed by atoms with Crippen LogP contribution in [0.1, 0.15) is 58.3 Å². The fraction of sp³-hybridized carbons (Fsp3) is 0.500. The molecule has 6 nitrogen and oxygen atoms in total. The van der Waals surface area contributed by atoms with E-state index in [1.807, 2.05) is 5.09 Å². The molecule has 0 aliphatic rings. The molecular formula is C22H37N2O4P. The van der Waals surface area contributed by atoms with E-state index >= 15 is 0 Å². The van der Waals surface area contributed by atoms with Gasteiger partial charge in [0, 0.05) is 19.5 Å². The summed E-state index contributed by atoms with van der Waals surface area (Å²) in [5.41, 5.74) is 0. The molecule has 0 bridgehead atoms. The van der Waals surface area contributed by atoms with Gasteiger partial charge in [-0.25, -0.2) is 9.65 Å². The third kappa shape index (κ3) is 24.2. The monoisotopic (exact) mass is 424 g/mol. The Kier molecular flexibility index (Phi) is 18.4. The molecule has 0 atom stereocenters. The lowest BCUT2D eigenvalue weighted by Gasteiger charge is -2.07. The maximum Gasteiger partial charge on any atom is 0.400 e. The number of unbranched alkanes of at least 4 members (excludes halogenated alkanes) is 1.